The van der Waals surface area contributed by atoms with Crippen molar-refractivity contribution < 1.29 is 4.79 Å². The van der Waals surface area contributed by atoms with Crippen LogP contribution in [0.4, 0.5) is 10.8 Å². The van der Waals surface area contributed by atoms with Crippen LogP contribution in [0.2, 0.25) is 5.02 Å². The maximum Gasteiger partial charge on any atom is 0.284 e. The van der Waals surface area contributed by atoms with Crippen molar-refractivity contribution >= 4 is 61.8 Å². The third-order valence-corrected chi connectivity index (χ3v) is 6.39. The molecule has 32 heavy (non-hydrogen) atoms. The highest BCUT2D eigenvalue weighted by Gasteiger charge is 2.34. The van der Waals surface area contributed by atoms with Crippen molar-refractivity contribution in [3.8, 4) is 0 Å². The van der Waals surface area contributed by atoms with E-state index < -0.39 is 0 Å². The van der Waals surface area contributed by atoms with E-state index in [1.807, 2.05) is 91.8 Å². The van der Waals surface area contributed by atoms with E-state index in [-0.39, 0.29) is 5.91 Å². The van der Waals surface area contributed by atoms with Crippen LogP contribution in [0.5, 0.6) is 0 Å². The molecule has 5 nitrogen and oxygen atoms in total. The number of amidine groups is 1. The summed E-state index contributed by atoms with van der Waals surface area (Å²) in [4.78, 5) is 26.5. The van der Waals surface area contributed by atoms with E-state index in [0.29, 0.717) is 21.7 Å². The standard InChI is InChI=1S/C25H19ClN4OS/c1-29(2)19-11-8-16(9-12-19)14-21-24(31)30(23(27-21)17-6-4-3-5-7-17)25-28-20-15-18(26)10-13-22(20)32-25/h3-15H,1-2H3. The molecule has 0 N–H and O–H groups in total. The second-order valence-corrected chi connectivity index (χ2v) is 9.01. The molecule has 4 aromatic rings. The zero-order valence-electron chi connectivity index (χ0n) is 17.5. The van der Waals surface area contributed by atoms with Gasteiger partial charge in [-0.3, -0.25) is 4.79 Å². The number of nitrogens with zero attached hydrogens (tertiary/aromatic N) is 4. The first-order valence-corrected chi connectivity index (χ1v) is 11.2. The SMILES string of the molecule is CN(C)c1ccc(C=C2N=C(c3ccccc3)N(c3nc4cc(Cl)ccc4s3)C2=O)cc1. The smallest absolute Gasteiger partial charge is 0.284 e. The molecule has 0 aliphatic carbocycles. The zero-order chi connectivity index (χ0) is 22.2. The molecule has 1 aliphatic heterocycles. The second kappa shape index (κ2) is 8.22. The van der Waals surface area contributed by atoms with Gasteiger partial charge in [-0.05, 0) is 42.0 Å². The van der Waals surface area contributed by atoms with Gasteiger partial charge in [0, 0.05) is 30.4 Å². The summed E-state index contributed by atoms with van der Waals surface area (Å²) in [6, 6.07) is 23.2. The Morgan fingerprint density at radius 1 is 1.00 bits per heavy atom. The fourth-order valence-corrected chi connectivity index (χ4v) is 4.60. The normalized spacial score (nSPS) is 15.0. The Kier molecular flexibility index (Phi) is 5.25. The lowest BCUT2D eigenvalue weighted by Crippen LogP contribution is -2.32. The Morgan fingerprint density at radius 2 is 1.75 bits per heavy atom. The molecular formula is C25H19ClN4OS. The van der Waals surface area contributed by atoms with Crippen molar-refractivity contribution in [3.63, 3.8) is 0 Å². The van der Waals surface area contributed by atoms with Gasteiger partial charge in [0.2, 0.25) is 0 Å². The van der Waals surface area contributed by atoms with Crippen molar-refractivity contribution in [1.29, 1.82) is 0 Å². The highest BCUT2D eigenvalue weighted by atomic mass is 35.5. The number of thiazole rings is 1. The number of carbonyl (C=O) groups excluding carboxylic acids is 1. The third kappa shape index (κ3) is 3.79. The van der Waals surface area contributed by atoms with Gasteiger partial charge in [0.05, 0.1) is 10.2 Å². The number of aliphatic imine (C=N–C) groups is 1. The quantitative estimate of drug-likeness (QED) is 0.360. The molecule has 0 spiro atoms. The number of benzene rings is 3. The van der Waals surface area contributed by atoms with Gasteiger partial charge in [-0.15, -0.1) is 0 Å². The van der Waals surface area contributed by atoms with Crippen LogP contribution < -0.4 is 9.80 Å². The number of carbonyl (C=O) groups is 1. The molecule has 0 unspecified atom stereocenters. The van der Waals surface area contributed by atoms with Gasteiger partial charge in [-0.25, -0.2) is 14.9 Å². The Bertz CT molecular complexity index is 1370. The summed E-state index contributed by atoms with van der Waals surface area (Å²) in [5.74, 6) is 0.364. The van der Waals surface area contributed by atoms with Crippen molar-refractivity contribution in [2.24, 2.45) is 4.99 Å². The van der Waals surface area contributed by atoms with E-state index in [1.165, 1.54) is 11.3 Å². The van der Waals surface area contributed by atoms with E-state index in [2.05, 4.69) is 4.98 Å². The zero-order valence-corrected chi connectivity index (χ0v) is 19.1. The third-order valence-electron chi connectivity index (χ3n) is 5.13. The molecule has 1 aromatic heterocycles. The Hall–Kier alpha value is -3.48. The number of anilines is 2. The topological polar surface area (TPSA) is 48.8 Å². The van der Waals surface area contributed by atoms with Crippen LogP contribution in [0.15, 0.2) is 83.5 Å². The highest BCUT2D eigenvalue weighted by Crippen LogP contribution is 2.35. The lowest BCUT2D eigenvalue weighted by molar-refractivity contribution is -0.113. The number of amides is 1. The first kappa shape index (κ1) is 20.4. The summed E-state index contributed by atoms with van der Waals surface area (Å²) in [5, 5.41) is 1.18. The van der Waals surface area contributed by atoms with Crippen molar-refractivity contribution in [1.82, 2.24) is 4.98 Å². The van der Waals surface area contributed by atoms with Gasteiger partial charge < -0.3 is 4.90 Å². The maximum absolute atomic E-state index is 13.5. The monoisotopic (exact) mass is 458 g/mol. The molecule has 0 radical (unpaired) electrons. The van der Waals surface area contributed by atoms with Crippen molar-refractivity contribution in [2.75, 3.05) is 23.9 Å². The molecule has 0 fully saturated rings. The molecule has 1 aliphatic rings. The van der Waals surface area contributed by atoms with E-state index in [9.17, 15) is 4.79 Å². The maximum atomic E-state index is 13.5. The van der Waals surface area contributed by atoms with Crippen LogP contribution in [0.25, 0.3) is 16.3 Å². The predicted octanol–water partition coefficient (Wildman–Crippen LogP) is 5.85. The van der Waals surface area contributed by atoms with Gasteiger partial charge in [-0.1, -0.05) is 65.4 Å². The summed E-state index contributed by atoms with van der Waals surface area (Å²) in [5.41, 5.74) is 3.99. The molecule has 5 rings (SSSR count). The van der Waals surface area contributed by atoms with E-state index in [1.54, 1.807) is 11.0 Å². The first-order valence-electron chi connectivity index (χ1n) is 10.0. The van der Waals surface area contributed by atoms with Crippen LogP contribution in [0.1, 0.15) is 11.1 Å². The van der Waals surface area contributed by atoms with Crippen LogP contribution in [-0.4, -0.2) is 30.8 Å². The van der Waals surface area contributed by atoms with Crippen LogP contribution >= 0.6 is 22.9 Å². The minimum atomic E-state index is -0.203. The number of fused-ring (bicyclic) bond motifs is 1. The van der Waals surface area contributed by atoms with Crippen LogP contribution in [-0.2, 0) is 4.79 Å². The highest BCUT2D eigenvalue weighted by molar-refractivity contribution is 7.22. The summed E-state index contributed by atoms with van der Waals surface area (Å²) in [7, 11) is 3.99. The van der Waals surface area contributed by atoms with Crippen LogP contribution in [0.3, 0.4) is 0 Å². The average molecular weight is 459 g/mol. The molecule has 7 heteroatoms. The Balaban J connectivity index is 1.59. The van der Waals surface area contributed by atoms with Gasteiger partial charge in [0.15, 0.2) is 5.13 Å². The summed E-state index contributed by atoms with van der Waals surface area (Å²) in [6.07, 6.45) is 1.81. The molecule has 158 valence electrons. The average Bonchev–Trinajstić information content (AvgIpc) is 3.35. The summed E-state index contributed by atoms with van der Waals surface area (Å²) < 4.78 is 0.960. The van der Waals surface area contributed by atoms with Crippen molar-refractivity contribution in [2.45, 2.75) is 0 Å². The largest absolute Gasteiger partial charge is 0.378 e. The number of hydrogen-bond acceptors (Lipinski definition) is 5. The molecule has 1 amide bonds. The minimum Gasteiger partial charge on any atom is -0.378 e. The fraction of sp³-hybridized carbons (Fsp3) is 0.0800. The van der Waals surface area contributed by atoms with Gasteiger partial charge in [0.25, 0.3) is 5.91 Å². The van der Waals surface area contributed by atoms with Gasteiger partial charge in [0.1, 0.15) is 11.5 Å². The first-order chi connectivity index (χ1) is 15.5. The van der Waals surface area contributed by atoms with Gasteiger partial charge >= 0.3 is 0 Å². The molecule has 0 atom stereocenters. The fourth-order valence-electron chi connectivity index (χ4n) is 3.49. The van der Waals surface area contributed by atoms with E-state index in [0.717, 1.165) is 27.0 Å². The molecule has 0 saturated heterocycles. The van der Waals surface area contributed by atoms with Gasteiger partial charge in [-0.2, -0.15) is 0 Å². The number of halogens is 1. The second-order valence-electron chi connectivity index (χ2n) is 7.57. The summed E-state index contributed by atoms with van der Waals surface area (Å²) >= 11 is 7.57. The Labute approximate surface area is 194 Å². The summed E-state index contributed by atoms with van der Waals surface area (Å²) in [6.45, 7) is 0. The number of rotatable bonds is 4. The molecule has 3 aromatic carbocycles. The predicted molar refractivity (Wildman–Crippen MR) is 134 cm³/mol. The lowest BCUT2D eigenvalue weighted by Gasteiger charge is -2.14. The number of hydrogen-bond donors (Lipinski definition) is 0. The number of aromatic nitrogens is 1. The van der Waals surface area contributed by atoms with Crippen molar-refractivity contribution in [3.05, 3.63) is 94.6 Å². The lowest BCUT2D eigenvalue weighted by atomic mass is 10.1. The molecular weight excluding hydrogens is 440 g/mol. The van der Waals surface area contributed by atoms with Crippen LogP contribution in [0, 0.1) is 0 Å². The minimum absolute atomic E-state index is 0.203. The Morgan fingerprint density at radius 3 is 2.47 bits per heavy atom. The van der Waals surface area contributed by atoms with E-state index in [4.69, 9.17) is 16.6 Å². The molecule has 2 heterocycles. The molecule has 0 bridgehead atoms. The molecule has 0 saturated carbocycles. The van der Waals surface area contributed by atoms with E-state index >= 15 is 0 Å².